The lowest BCUT2D eigenvalue weighted by atomic mass is 9.87. The molecular weight excluding hydrogens is 233 g/mol. The summed E-state index contributed by atoms with van der Waals surface area (Å²) in [4.78, 5) is 11.6. The topological polar surface area (TPSA) is 52.3 Å². The minimum absolute atomic E-state index is 0.293. The summed E-state index contributed by atoms with van der Waals surface area (Å²) in [5, 5.41) is 0.386. The minimum Gasteiger partial charge on any atom is -0.467 e. The molecule has 0 heterocycles. The van der Waals surface area contributed by atoms with Crippen LogP contribution < -0.4 is 5.73 Å². The van der Waals surface area contributed by atoms with Gasteiger partial charge in [0.15, 0.2) is 5.54 Å². The van der Waals surface area contributed by atoms with Gasteiger partial charge in [0.05, 0.1) is 7.11 Å². The van der Waals surface area contributed by atoms with E-state index in [4.69, 9.17) is 17.3 Å². The lowest BCUT2D eigenvalue weighted by Crippen LogP contribution is -2.52. The molecule has 0 aromatic heterocycles. The number of halogens is 2. The Bertz CT molecular complexity index is 397. The summed E-state index contributed by atoms with van der Waals surface area (Å²) in [6, 6.07) is 6.21. The minimum atomic E-state index is -1.82. The van der Waals surface area contributed by atoms with E-state index in [1.807, 2.05) is 0 Å². The number of methoxy groups -OCH3 is 1. The van der Waals surface area contributed by atoms with Gasteiger partial charge >= 0.3 is 5.97 Å². The fraction of sp³-hybridized carbons (Fsp3) is 0.364. The fourth-order valence-corrected chi connectivity index (χ4v) is 1.61. The van der Waals surface area contributed by atoms with E-state index < -0.39 is 17.7 Å². The molecule has 0 radical (unpaired) electrons. The van der Waals surface area contributed by atoms with Crippen LogP contribution in [-0.2, 0) is 15.1 Å². The largest absolute Gasteiger partial charge is 0.467 e. The van der Waals surface area contributed by atoms with Crippen molar-refractivity contribution in [1.29, 1.82) is 0 Å². The Hall–Kier alpha value is -1.13. The molecule has 88 valence electrons. The van der Waals surface area contributed by atoms with Crippen molar-refractivity contribution in [2.45, 2.75) is 18.6 Å². The highest BCUT2D eigenvalue weighted by molar-refractivity contribution is 6.30. The van der Waals surface area contributed by atoms with E-state index in [9.17, 15) is 9.18 Å². The summed E-state index contributed by atoms with van der Waals surface area (Å²) in [7, 11) is 1.16. The third-order valence-corrected chi connectivity index (χ3v) is 2.69. The van der Waals surface area contributed by atoms with E-state index >= 15 is 0 Å². The maximum absolute atomic E-state index is 13.5. The van der Waals surface area contributed by atoms with Gasteiger partial charge in [-0.15, -0.1) is 0 Å². The maximum Gasteiger partial charge on any atom is 0.333 e. The Balaban J connectivity index is 3.27. The Morgan fingerprint density at radius 1 is 1.62 bits per heavy atom. The van der Waals surface area contributed by atoms with Gasteiger partial charge in [0, 0.05) is 5.02 Å². The molecule has 1 rings (SSSR count). The monoisotopic (exact) mass is 245 g/mol. The Morgan fingerprint density at radius 3 is 2.69 bits per heavy atom. The van der Waals surface area contributed by atoms with E-state index in [0.717, 1.165) is 7.11 Å². The summed E-state index contributed by atoms with van der Waals surface area (Å²) in [5.74, 6) is -0.829. The van der Waals surface area contributed by atoms with Crippen LogP contribution in [0.5, 0.6) is 0 Å². The molecule has 0 saturated carbocycles. The second-order valence-electron chi connectivity index (χ2n) is 3.49. The number of ether oxygens (including phenoxy) is 1. The van der Waals surface area contributed by atoms with Crippen molar-refractivity contribution in [3.63, 3.8) is 0 Å². The van der Waals surface area contributed by atoms with Gasteiger partial charge in [0.25, 0.3) is 0 Å². The summed E-state index contributed by atoms with van der Waals surface area (Å²) >= 11 is 5.77. The van der Waals surface area contributed by atoms with Crippen LogP contribution in [0, 0.1) is 0 Å². The first-order valence-electron chi connectivity index (χ1n) is 4.70. The first kappa shape index (κ1) is 12.9. The maximum atomic E-state index is 13.5. The van der Waals surface area contributed by atoms with Crippen molar-refractivity contribution in [3.8, 4) is 0 Å². The van der Waals surface area contributed by atoms with Crippen molar-refractivity contribution in [2.24, 2.45) is 5.73 Å². The summed E-state index contributed by atoms with van der Waals surface area (Å²) in [5.41, 5.74) is 4.25. The van der Waals surface area contributed by atoms with Gasteiger partial charge in [-0.2, -0.15) is 0 Å². The van der Waals surface area contributed by atoms with Crippen molar-refractivity contribution in [2.75, 3.05) is 7.11 Å². The molecule has 0 saturated heterocycles. The molecule has 0 spiro atoms. The molecule has 2 N–H and O–H groups in total. The summed E-state index contributed by atoms with van der Waals surface area (Å²) in [6.45, 7) is 1.21. The molecule has 1 aromatic rings. The molecule has 16 heavy (non-hydrogen) atoms. The lowest BCUT2D eigenvalue weighted by molar-refractivity contribution is -0.150. The first-order valence-corrected chi connectivity index (χ1v) is 5.08. The molecule has 0 aliphatic heterocycles. The highest BCUT2D eigenvalue weighted by Gasteiger charge is 2.43. The molecular formula is C11H13ClFNO2. The number of esters is 1. The Morgan fingerprint density at radius 2 is 2.25 bits per heavy atom. The molecule has 0 bridgehead atoms. The summed E-state index contributed by atoms with van der Waals surface area (Å²) in [6.07, 6.45) is -1.58. The standard InChI is InChI=1S/C11H13ClFNO2/c1-7(13)11(14,10(15)16-2)8-4-3-5-9(12)6-8/h3-7H,14H2,1-2H3. The molecule has 0 aliphatic carbocycles. The molecule has 0 fully saturated rings. The average Bonchev–Trinajstić information content (AvgIpc) is 2.26. The number of carbonyl (C=O) groups is 1. The smallest absolute Gasteiger partial charge is 0.333 e. The zero-order valence-corrected chi connectivity index (χ0v) is 9.79. The third-order valence-electron chi connectivity index (χ3n) is 2.45. The van der Waals surface area contributed by atoms with Crippen LogP contribution in [0.1, 0.15) is 12.5 Å². The van der Waals surface area contributed by atoms with Crippen molar-refractivity contribution in [3.05, 3.63) is 34.9 Å². The Kier molecular flexibility index (Phi) is 3.88. The molecule has 0 amide bonds. The van der Waals surface area contributed by atoms with Crippen LogP contribution in [0.2, 0.25) is 5.02 Å². The fourth-order valence-electron chi connectivity index (χ4n) is 1.42. The van der Waals surface area contributed by atoms with E-state index in [1.165, 1.54) is 13.0 Å². The van der Waals surface area contributed by atoms with Crippen molar-refractivity contribution >= 4 is 17.6 Å². The van der Waals surface area contributed by atoms with Crippen LogP contribution in [0.3, 0.4) is 0 Å². The predicted octanol–water partition coefficient (Wildman–Crippen LogP) is 2.02. The normalized spacial score (nSPS) is 16.3. The second kappa shape index (κ2) is 4.80. The number of rotatable bonds is 3. The average molecular weight is 246 g/mol. The number of nitrogens with two attached hydrogens (primary N) is 1. The SMILES string of the molecule is COC(=O)C(N)(c1cccc(Cl)c1)C(C)F. The van der Waals surface area contributed by atoms with Gasteiger partial charge in [-0.3, -0.25) is 0 Å². The quantitative estimate of drug-likeness (QED) is 0.829. The first-order chi connectivity index (χ1) is 7.42. The predicted molar refractivity (Wildman–Crippen MR) is 59.9 cm³/mol. The Labute approximate surface area is 98.3 Å². The van der Waals surface area contributed by atoms with Gasteiger partial charge in [0.2, 0.25) is 0 Å². The van der Waals surface area contributed by atoms with E-state index in [-0.39, 0.29) is 0 Å². The van der Waals surface area contributed by atoms with Crippen LogP contribution >= 0.6 is 11.6 Å². The molecule has 5 heteroatoms. The number of hydrogen-bond donors (Lipinski definition) is 1. The molecule has 2 atom stereocenters. The highest BCUT2D eigenvalue weighted by atomic mass is 35.5. The summed E-state index contributed by atoms with van der Waals surface area (Å²) < 4.78 is 18.1. The number of benzene rings is 1. The zero-order valence-electron chi connectivity index (χ0n) is 9.04. The van der Waals surface area contributed by atoms with Crippen LogP contribution in [0.15, 0.2) is 24.3 Å². The molecule has 2 unspecified atom stereocenters. The molecule has 1 aromatic carbocycles. The van der Waals surface area contributed by atoms with Gasteiger partial charge in [-0.25, -0.2) is 9.18 Å². The van der Waals surface area contributed by atoms with Gasteiger partial charge in [-0.1, -0.05) is 23.7 Å². The van der Waals surface area contributed by atoms with Crippen LogP contribution in [-0.4, -0.2) is 19.3 Å². The zero-order chi connectivity index (χ0) is 12.3. The van der Waals surface area contributed by atoms with Gasteiger partial charge in [0.1, 0.15) is 6.17 Å². The number of alkyl halides is 1. The number of hydrogen-bond acceptors (Lipinski definition) is 3. The van der Waals surface area contributed by atoms with Crippen LogP contribution in [0.4, 0.5) is 4.39 Å². The van der Waals surface area contributed by atoms with E-state index in [1.54, 1.807) is 18.2 Å². The molecule has 3 nitrogen and oxygen atoms in total. The number of carbonyl (C=O) groups excluding carboxylic acids is 1. The van der Waals surface area contributed by atoms with Gasteiger partial charge in [-0.05, 0) is 24.6 Å². The second-order valence-corrected chi connectivity index (χ2v) is 3.92. The lowest BCUT2D eigenvalue weighted by Gasteiger charge is -2.28. The van der Waals surface area contributed by atoms with E-state index in [0.29, 0.717) is 10.6 Å². The van der Waals surface area contributed by atoms with Gasteiger partial charge < -0.3 is 10.5 Å². The van der Waals surface area contributed by atoms with E-state index in [2.05, 4.69) is 4.74 Å². The van der Waals surface area contributed by atoms with Crippen molar-refractivity contribution < 1.29 is 13.9 Å². The molecule has 0 aliphatic rings. The third kappa shape index (κ3) is 2.18. The van der Waals surface area contributed by atoms with Crippen LogP contribution in [0.25, 0.3) is 0 Å². The van der Waals surface area contributed by atoms with Crippen molar-refractivity contribution in [1.82, 2.24) is 0 Å². The highest BCUT2D eigenvalue weighted by Crippen LogP contribution is 2.28.